The van der Waals surface area contributed by atoms with Crippen molar-refractivity contribution in [3.63, 3.8) is 0 Å². The van der Waals surface area contributed by atoms with Gasteiger partial charge in [0.2, 0.25) is 0 Å². The number of aromatic hydroxyl groups is 2. The summed E-state index contributed by atoms with van der Waals surface area (Å²) in [6, 6.07) is 6.40. The van der Waals surface area contributed by atoms with Crippen molar-refractivity contribution >= 4 is 45.1 Å². The Morgan fingerprint density at radius 2 is 0.875 bits per heavy atom. The molecule has 2 aliphatic rings. The van der Waals surface area contributed by atoms with Crippen molar-refractivity contribution in [3.05, 3.63) is 34.7 Å². The van der Waals surface area contributed by atoms with Crippen LogP contribution in [0, 0.1) is 10.8 Å². The maximum atomic E-state index is 13.1. The lowest BCUT2D eigenvalue weighted by molar-refractivity contribution is -0.126. The Hall–Kier alpha value is -3.28. The fraction of sp³-hybridized carbons (Fsp3) is 0.385. The highest BCUT2D eigenvalue weighted by atomic mass is 16.3. The summed E-state index contributed by atoms with van der Waals surface area (Å²) in [6.07, 6.45) is 0.297. The van der Waals surface area contributed by atoms with E-state index in [-0.39, 0.29) is 69.5 Å². The zero-order valence-corrected chi connectivity index (χ0v) is 18.7. The molecule has 6 heteroatoms. The van der Waals surface area contributed by atoms with Crippen LogP contribution in [0.4, 0.5) is 0 Å². The second-order valence-corrected chi connectivity index (χ2v) is 10.5. The first-order valence-electron chi connectivity index (χ1n) is 10.7. The van der Waals surface area contributed by atoms with E-state index in [0.717, 1.165) is 0 Å². The van der Waals surface area contributed by atoms with Gasteiger partial charge in [-0.1, -0.05) is 52.0 Å². The van der Waals surface area contributed by atoms with E-state index < -0.39 is 34.0 Å². The molecule has 0 bridgehead atoms. The van der Waals surface area contributed by atoms with Crippen LogP contribution >= 0.6 is 0 Å². The summed E-state index contributed by atoms with van der Waals surface area (Å²) in [5, 5.41) is 22.5. The third-order valence-electron chi connectivity index (χ3n) is 6.33. The lowest BCUT2D eigenvalue weighted by Gasteiger charge is -2.30. The zero-order valence-electron chi connectivity index (χ0n) is 18.7. The van der Waals surface area contributed by atoms with Gasteiger partial charge in [0.25, 0.3) is 0 Å². The number of phenols is 2. The summed E-state index contributed by atoms with van der Waals surface area (Å²) in [5.41, 5.74) is -1.59. The molecule has 2 saturated carbocycles. The van der Waals surface area contributed by atoms with Gasteiger partial charge in [0.15, 0.2) is 23.1 Å². The SMILES string of the molecule is CC1(C)CC(=O)C(=c2c(O)c3ccccc3c(O)c2=C2C(=O)CC(C)(C)CC2=O)C(=O)C1. The summed E-state index contributed by atoms with van der Waals surface area (Å²) in [7, 11) is 0. The van der Waals surface area contributed by atoms with Gasteiger partial charge in [0, 0.05) is 46.9 Å². The minimum Gasteiger partial charge on any atom is -0.507 e. The predicted molar refractivity (Wildman–Crippen MR) is 119 cm³/mol. The van der Waals surface area contributed by atoms with Crippen LogP contribution in [-0.4, -0.2) is 33.3 Å². The van der Waals surface area contributed by atoms with E-state index in [1.54, 1.807) is 24.3 Å². The first kappa shape index (κ1) is 21.9. The third-order valence-corrected chi connectivity index (χ3v) is 6.33. The van der Waals surface area contributed by atoms with E-state index >= 15 is 0 Å². The van der Waals surface area contributed by atoms with E-state index in [1.807, 2.05) is 27.7 Å². The minimum absolute atomic E-state index is 0.0742. The Morgan fingerprint density at radius 3 is 1.16 bits per heavy atom. The number of fused-ring (bicyclic) bond motifs is 1. The molecule has 4 rings (SSSR count). The van der Waals surface area contributed by atoms with Crippen LogP contribution < -0.4 is 10.4 Å². The molecule has 0 heterocycles. The lowest BCUT2D eigenvalue weighted by Crippen LogP contribution is -2.43. The van der Waals surface area contributed by atoms with Crippen molar-refractivity contribution in [1.82, 2.24) is 0 Å². The molecule has 2 aliphatic carbocycles. The quantitative estimate of drug-likeness (QED) is 0.617. The molecule has 32 heavy (non-hydrogen) atoms. The van der Waals surface area contributed by atoms with Crippen molar-refractivity contribution in [1.29, 1.82) is 0 Å². The number of Topliss-reactive ketones (excluding diaryl/α,β-unsaturated/α-hetero) is 4. The Morgan fingerprint density at radius 1 is 0.594 bits per heavy atom. The van der Waals surface area contributed by atoms with Crippen LogP contribution in [0.3, 0.4) is 0 Å². The van der Waals surface area contributed by atoms with Crippen molar-refractivity contribution in [2.75, 3.05) is 0 Å². The number of hydrogen-bond acceptors (Lipinski definition) is 6. The van der Waals surface area contributed by atoms with Gasteiger partial charge in [-0.15, -0.1) is 0 Å². The molecule has 2 fully saturated rings. The number of hydrogen-bond donors (Lipinski definition) is 2. The van der Waals surface area contributed by atoms with Gasteiger partial charge in [-0.3, -0.25) is 19.2 Å². The number of rotatable bonds is 0. The van der Waals surface area contributed by atoms with Crippen molar-refractivity contribution in [2.45, 2.75) is 53.4 Å². The molecule has 0 aromatic heterocycles. The first-order chi connectivity index (χ1) is 14.8. The Kier molecular flexibility index (Phi) is 4.88. The average molecular weight is 434 g/mol. The normalized spacial score (nSPS) is 20.9. The highest BCUT2D eigenvalue weighted by molar-refractivity contribution is 6.45. The van der Waals surface area contributed by atoms with Gasteiger partial charge in [0.05, 0.1) is 11.1 Å². The Bertz CT molecular complexity index is 1210. The average Bonchev–Trinajstić information content (AvgIpc) is 2.64. The molecule has 166 valence electrons. The summed E-state index contributed by atoms with van der Waals surface area (Å²) < 4.78 is 0. The van der Waals surface area contributed by atoms with Crippen LogP contribution in [0.5, 0.6) is 11.5 Å². The fourth-order valence-electron chi connectivity index (χ4n) is 4.97. The third kappa shape index (κ3) is 3.44. The molecule has 0 radical (unpaired) electrons. The summed E-state index contributed by atoms with van der Waals surface area (Å²) in [6.45, 7) is 7.24. The smallest absolute Gasteiger partial charge is 0.167 e. The zero-order chi connectivity index (χ0) is 23.6. The standard InChI is InChI=1S/C26H26O6/c1-25(2)9-15(27)19(16(28)10-25)21-22(20-17(29)11-26(3,4)12-18(20)30)24(32)14-8-6-5-7-13(14)23(21)31/h5-8,31-32H,9-12H2,1-4H3. The number of carbonyl (C=O) groups excluding carboxylic acids is 4. The Balaban J connectivity index is 2.27. The molecule has 2 aromatic carbocycles. The van der Waals surface area contributed by atoms with Gasteiger partial charge in [-0.05, 0) is 10.8 Å². The maximum Gasteiger partial charge on any atom is 0.167 e. The molecular weight excluding hydrogens is 408 g/mol. The Labute approximate surface area is 185 Å². The van der Waals surface area contributed by atoms with Crippen molar-refractivity contribution in [3.8, 4) is 11.5 Å². The summed E-state index contributed by atoms with van der Waals surface area (Å²) in [5.74, 6) is -2.68. The van der Waals surface area contributed by atoms with E-state index in [2.05, 4.69) is 0 Å². The summed E-state index contributed by atoms with van der Waals surface area (Å²) >= 11 is 0. The molecule has 0 unspecified atom stereocenters. The molecule has 0 aliphatic heterocycles. The topological polar surface area (TPSA) is 109 Å². The molecule has 0 atom stereocenters. The monoisotopic (exact) mass is 434 g/mol. The van der Waals surface area contributed by atoms with Crippen molar-refractivity contribution in [2.24, 2.45) is 10.8 Å². The molecule has 2 aromatic rings. The lowest BCUT2D eigenvalue weighted by atomic mass is 9.72. The van der Waals surface area contributed by atoms with Gasteiger partial charge >= 0.3 is 0 Å². The highest BCUT2D eigenvalue weighted by Crippen LogP contribution is 2.37. The van der Waals surface area contributed by atoms with E-state index in [4.69, 9.17) is 0 Å². The van der Waals surface area contributed by atoms with Crippen LogP contribution in [0.2, 0.25) is 0 Å². The highest BCUT2D eigenvalue weighted by Gasteiger charge is 2.40. The van der Waals surface area contributed by atoms with Crippen molar-refractivity contribution < 1.29 is 29.4 Å². The number of phenolic OH excluding ortho intramolecular Hbond substituents is 2. The molecule has 0 spiro atoms. The summed E-state index contributed by atoms with van der Waals surface area (Å²) in [4.78, 5) is 52.4. The van der Waals surface area contributed by atoms with Gasteiger partial charge in [0.1, 0.15) is 11.5 Å². The van der Waals surface area contributed by atoms with Crippen LogP contribution in [-0.2, 0) is 19.2 Å². The van der Waals surface area contributed by atoms with Gasteiger partial charge in [-0.2, -0.15) is 0 Å². The predicted octanol–water partition coefficient (Wildman–Crippen LogP) is 2.47. The number of benzene rings is 2. The van der Waals surface area contributed by atoms with Gasteiger partial charge in [-0.25, -0.2) is 0 Å². The minimum atomic E-state index is -0.542. The number of carbonyl (C=O) groups is 4. The van der Waals surface area contributed by atoms with Crippen LogP contribution in [0.15, 0.2) is 24.3 Å². The molecule has 0 amide bonds. The van der Waals surface area contributed by atoms with E-state index in [1.165, 1.54) is 0 Å². The molecule has 0 saturated heterocycles. The maximum absolute atomic E-state index is 13.1. The number of ketones is 4. The molecule has 6 nitrogen and oxygen atoms in total. The fourth-order valence-corrected chi connectivity index (χ4v) is 4.97. The van der Waals surface area contributed by atoms with E-state index in [9.17, 15) is 29.4 Å². The molecule has 2 N–H and O–H groups in total. The van der Waals surface area contributed by atoms with Crippen LogP contribution in [0.1, 0.15) is 53.4 Å². The largest absolute Gasteiger partial charge is 0.507 e. The molecular formula is C26H26O6. The van der Waals surface area contributed by atoms with Crippen LogP contribution in [0.25, 0.3) is 21.9 Å². The second kappa shape index (κ2) is 7.12. The second-order valence-electron chi connectivity index (χ2n) is 10.5. The van der Waals surface area contributed by atoms with Gasteiger partial charge < -0.3 is 10.2 Å². The van der Waals surface area contributed by atoms with E-state index in [0.29, 0.717) is 0 Å². The first-order valence-corrected chi connectivity index (χ1v) is 10.7.